The molecule has 3 aromatic rings. The van der Waals surface area contributed by atoms with Crippen molar-refractivity contribution in [3.63, 3.8) is 0 Å². The van der Waals surface area contributed by atoms with Crippen molar-refractivity contribution >= 4 is 28.5 Å². The standard InChI is InChI=1S/C18H17ClN2O2/c1-12-15-11-13(19)6-7-16(15)23-17(12)18(22)21(2)10-8-14-5-3-4-9-20-14/h3-7,9,11H,8,10H2,1-2H3. The van der Waals surface area contributed by atoms with Gasteiger partial charge in [0.25, 0.3) is 5.91 Å². The Labute approximate surface area is 139 Å². The first-order chi connectivity index (χ1) is 11.1. The molecule has 4 nitrogen and oxygen atoms in total. The third-order valence-corrected chi connectivity index (χ3v) is 4.10. The van der Waals surface area contributed by atoms with Gasteiger partial charge in [-0.1, -0.05) is 17.7 Å². The topological polar surface area (TPSA) is 46.3 Å². The van der Waals surface area contributed by atoms with Crippen LogP contribution in [0.15, 0.2) is 47.0 Å². The lowest BCUT2D eigenvalue weighted by Crippen LogP contribution is -2.29. The van der Waals surface area contributed by atoms with Gasteiger partial charge in [-0.3, -0.25) is 9.78 Å². The number of hydrogen-bond acceptors (Lipinski definition) is 3. The zero-order chi connectivity index (χ0) is 16.4. The summed E-state index contributed by atoms with van der Waals surface area (Å²) in [5.41, 5.74) is 2.45. The highest BCUT2D eigenvalue weighted by atomic mass is 35.5. The lowest BCUT2D eigenvalue weighted by molar-refractivity contribution is 0.0766. The van der Waals surface area contributed by atoms with Crippen molar-refractivity contribution in [3.8, 4) is 0 Å². The van der Waals surface area contributed by atoms with Crippen LogP contribution in [-0.4, -0.2) is 29.4 Å². The molecule has 3 rings (SSSR count). The third-order valence-electron chi connectivity index (χ3n) is 3.87. The molecule has 0 atom stereocenters. The number of carbonyl (C=O) groups is 1. The molecule has 23 heavy (non-hydrogen) atoms. The average molecular weight is 329 g/mol. The SMILES string of the molecule is Cc1c(C(=O)N(C)CCc2ccccn2)oc2ccc(Cl)cc12. The molecular weight excluding hydrogens is 312 g/mol. The molecule has 0 radical (unpaired) electrons. The van der Waals surface area contributed by atoms with E-state index in [-0.39, 0.29) is 5.91 Å². The lowest BCUT2D eigenvalue weighted by atomic mass is 10.1. The van der Waals surface area contributed by atoms with Gasteiger partial charge in [-0.25, -0.2) is 0 Å². The third kappa shape index (κ3) is 3.22. The summed E-state index contributed by atoms with van der Waals surface area (Å²) in [4.78, 5) is 18.5. The Bertz CT molecular complexity index is 843. The van der Waals surface area contributed by atoms with Crippen LogP contribution < -0.4 is 0 Å². The van der Waals surface area contributed by atoms with Gasteiger partial charge < -0.3 is 9.32 Å². The summed E-state index contributed by atoms with van der Waals surface area (Å²) in [5, 5.41) is 1.50. The minimum atomic E-state index is -0.134. The number of nitrogens with zero attached hydrogens (tertiary/aromatic N) is 2. The molecule has 2 heterocycles. The van der Waals surface area contributed by atoms with Crippen molar-refractivity contribution in [2.24, 2.45) is 0 Å². The minimum Gasteiger partial charge on any atom is -0.451 e. The molecule has 0 saturated heterocycles. The molecule has 0 unspecified atom stereocenters. The Kier molecular flexibility index (Phi) is 4.35. The number of furan rings is 1. The molecule has 5 heteroatoms. The predicted octanol–water partition coefficient (Wildman–Crippen LogP) is 4.10. The van der Waals surface area contributed by atoms with Crippen LogP contribution in [-0.2, 0) is 6.42 Å². The van der Waals surface area contributed by atoms with E-state index in [1.165, 1.54) is 0 Å². The number of aryl methyl sites for hydroxylation is 1. The fourth-order valence-corrected chi connectivity index (χ4v) is 2.67. The van der Waals surface area contributed by atoms with Gasteiger partial charge in [-0.2, -0.15) is 0 Å². The van der Waals surface area contributed by atoms with E-state index >= 15 is 0 Å². The summed E-state index contributed by atoms with van der Waals surface area (Å²) in [5.74, 6) is 0.233. The van der Waals surface area contributed by atoms with Gasteiger partial charge in [-0.05, 0) is 37.3 Å². The second-order valence-electron chi connectivity index (χ2n) is 5.49. The van der Waals surface area contributed by atoms with E-state index in [1.54, 1.807) is 30.3 Å². The van der Waals surface area contributed by atoms with Crippen molar-refractivity contribution < 1.29 is 9.21 Å². The van der Waals surface area contributed by atoms with E-state index in [4.69, 9.17) is 16.0 Å². The van der Waals surface area contributed by atoms with Gasteiger partial charge in [-0.15, -0.1) is 0 Å². The highest BCUT2D eigenvalue weighted by Crippen LogP contribution is 2.28. The van der Waals surface area contributed by atoms with Gasteiger partial charge in [0.05, 0.1) is 0 Å². The molecule has 118 valence electrons. The Balaban J connectivity index is 1.78. The normalized spacial score (nSPS) is 10.9. The molecule has 0 bridgehead atoms. The van der Waals surface area contributed by atoms with Crippen molar-refractivity contribution in [2.45, 2.75) is 13.3 Å². The van der Waals surface area contributed by atoms with E-state index < -0.39 is 0 Å². The van der Waals surface area contributed by atoms with Crippen LogP contribution in [0.2, 0.25) is 5.02 Å². The molecule has 1 aromatic carbocycles. The second-order valence-corrected chi connectivity index (χ2v) is 5.93. The van der Waals surface area contributed by atoms with Crippen molar-refractivity contribution in [1.82, 2.24) is 9.88 Å². The molecule has 0 aliphatic carbocycles. The van der Waals surface area contributed by atoms with Crippen LogP contribution in [0.4, 0.5) is 0 Å². The number of pyridine rings is 1. The van der Waals surface area contributed by atoms with Crippen molar-refractivity contribution in [2.75, 3.05) is 13.6 Å². The predicted molar refractivity (Wildman–Crippen MR) is 90.9 cm³/mol. The molecule has 0 spiro atoms. The molecule has 0 fully saturated rings. The number of likely N-dealkylation sites (N-methyl/N-ethyl adjacent to an activating group) is 1. The minimum absolute atomic E-state index is 0.134. The Morgan fingerprint density at radius 2 is 2.13 bits per heavy atom. The Hall–Kier alpha value is -2.33. The first-order valence-electron chi connectivity index (χ1n) is 7.40. The lowest BCUT2D eigenvalue weighted by Gasteiger charge is -2.15. The highest BCUT2D eigenvalue weighted by molar-refractivity contribution is 6.31. The quantitative estimate of drug-likeness (QED) is 0.724. The summed E-state index contributed by atoms with van der Waals surface area (Å²) in [6.07, 6.45) is 2.46. The van der Waals surface area contributed by atoms with Crippen LogP contribution in [0.25, 0.3) is 11.0 Å². The summed E-state index contributed by atoms with van der Waals surface area (Å²) < 4.78 is 5.72. The molecule has 0 aliphatic heterocycles. The van der Waals surface area contributed by atoms with Gasteiger partial charge in [0, 0.05) is 47.9 Å². The zero-order valence-electron chi connectivity index (χ0n) is 13.0. The molecule has 2 aromatic heterocycles. The first-order valence-corrected chi connectivity index (χ1v) is 7.78. The van der Waals surface area contributed by atoms with Crippen molar-refractivity contribution in [1.29, 1.82) is 0 Å². The van der Waals surface area contributed by atoms with E-state index in [0.29, 0.717) is 29.3 Å². The maximum Gasteiger partial charge on any atom is 0.289 e. The number of carbonyl (C=O) groups excluding carboxylic acids is 1. The van der Waals surface area contributed by atoms with Gasteiger partial charge in [0.15, 0.2) is 5.76 Å². The fourth-order valence-electron chi connectivity index (χ4n) is 2.50. The summed E-state index contributed by atoms with van der Waals surface area (Å²) in [6, 6.07) is 11.1. The monoisotopic (exact) mass is 328 g/mol. The number of benzene rings is 1. The maximum atomic E-state index is 12.6. The first kappa shape index (κ1) is 15.6. The maximum absolute atomic E-state index is 12.6. The molecule has 0 N–H and O–H groups in total. The van der Waals surface area contributed by atoms with Crippen LogP contribution >= 0.6 is 11.6 Å². The highest BCUT2D eigenvalue weighted by Gasteiger charge is 2.21. The van der Waals surface area contributed by atoms with E-state index in [1.807, 2.05) is 31.2 Å². The number of fused-ring (bicyclic) bond motifs is 1. The van der Waals surface area contributed by atoms with Gasteiger partial charge in [0.1, 0.15) is 5.58 Å². The number of aromatic nitrogens is 1. The molecule has 0 aliphatic rings. The van der Waals surface area contributed by atoms with Gasteiger partial charge in [0.2, 0.25) is 0 Å². The van der Waals surface area contributed by atoms with E-state index in [2.05, 4.69) is 4.98 Å². The van der Waals surface area contributed by atoms with Crippen LogP contribution in [0.3, 0.4) is 0 Å². The molecular formula is C18H17ClN2O2. The van der Waals surface area contributed by atoms with Crippen LogP contribution in [0, 0.1) is 6.92 Å². The summed E-state index contributed by atoms with van der Waals surface area (Å²) in [6.45, 7) is 2.45. The number of halogens is 1. The van der Waals surface area contributed by atoms with Crippen molar-refractivity contribution in [3.05, 3.63) is 64.6 Å². The fraction of sp³-hybridized carbons (Fsp3) is 0.222. The van der Waals surface area contributed by atoms with E-state index in [0.717, 1.165) is 16.6 Å². The Morgan fingerprint density at radius 3 is 2.87 bits per heavy atom. The molecule has 0 saturated carbocycles. The summed E-state index contributed by atoms with van der Waals surface area (Å²) >= 11 is 6.02. The average Bonchev–Trinajstić information content (AvgIpc) is 2.89. The van der Waals surface area contributed by atoms with Gasteiger partial charge >= 0.3 is 0 Å². The van der Waals surface area contributed by atoms with E-state index in [9.17, 15) is 4.79 Å². The number of amides is 1. The summed E-state index contributed by atoms with van der Waals surface area (Å²) in [7, 11) is 1.77. The molecule has 1 amide bonds. The smallest absolute Gasteiger partial charge is 0.289 e. The van der Waals surface area contributed by atoms with Crippen LogP contribution in [0.5, 0.6) is 0 Å². The number of hydrogen-bond donors (Lipinski definition) is 0. The Morgan fingerprint density at radius 1 is 1.30 bits per heavy atom. The zero-order valence-corrected chi connectivity index (χ0v) is 13.8. The van der Waals surface area contributed by atoms with Crippen LogP contribution in [0.1, 0.15) is 21.8 Å². The second kappa shape index (κ2) is 6.42. The number of rotatable bonds is 4. The largest absolute Gasteiger partial charge is 0.451 e.